The van der Waals surface area contributed by atoms with Crippen LogP contribution in [0.3, 0.4) is 0 Å². The van der Waals surface area contributed by atoms with Gasteiger partial charge in [0.1, 0.15) is 17.9 Å². The van der Waals surface area contributed by atoms with Crippen LogP contribution in [-0.4, -0.2) is 91.2 Å². The summed E-state index contributed by atoms with van der Waals surface area (Å²) in [6.45, 7) is 8.37. The lowest BCUT2D eigenvalue weighted by molar-refractivity contribution is 0.0303. The van der Waals surface area contributed by atoms with Crippen molar-refractivity contribution in [3.8, 4) is 11.3 Å². The van der Waals surface area contributed by atoms with Gasteiger partial charge in [0.2, 0.25) is 5.71 Å². The Bertz CT molecular complexity index is 1430. The van der Waals surface area contributed by atoms with E-state index in [2.05, 4.69) is 43.7 Å². The molecule has 3 aromatic rings. The second kappa shape index (κ2) is 10.6. The summed E-state index contributed by atoms with van der Waals surface area (Å²) < 4.78 is 11.8. The van der Waals surface area contributed by atoms with Crippen LogP contribution < -0.4 is 10.6 Å². The number of morpholine rings is 1. The molecule has 1 saturated carbocycles. The largest absolute Gasteiger partial charge is 0.437 e. The molecular formula is C30H38N6O3. The normalized spacial score (nSPS) is 23.0. The molecule has 206 valence electrons. The van der Waals surface area contributed by atoms with Gasteiger partial charge in [-0.1, -0.05) is 30.4 Å². The van der Waals surface area contributed by atoms with Crippen LogP contribution in [0, 0.1) is 11.8 Å². The number of allylic oxidation sites excluding steroid dienone is 4. The second-order valence-electron chi connectivity index (χ2n) is 10.8. The number of furan rings is 1. The van der Waals surface area contributed by atoms with Crippen LogP contribution in [0.4, 0.5) is 5.82 Å². The lowest BCUT2D eigenvalue weighted by atomic mass is 9.94. The number of fused-ring (bicyclic) bond motifs is 2. The number of piperazine rings is 1. The van der Waals surface area contributed by atoms with Gasteiger partial charge in [-0.3, -0.25) is 9.69 Å². The first kappa shape index (κ1) is 24.5. The molecule has 4 aliphatic rings. The standard InChI is InChI=1S/C30H34N6O3.2H2/c37-30(36-13-15-38-16-14-36)21-3-1-20(2-4-21)27-25(23-6-5-22-17-24(22)18-23)26-28(33-19-34-29(26)39-27)32-9-12-35-10-7-31-8-11-35;;/h1-6,18-19,22,24,31H,7-17H2,(H,32,33,34);2*1H. The van der Waals surface area contributed by atoms with Gasteiger partial charge in [0, 0.05) is 71.9 Å². The zero-order valence-electron chi connectivity index (χ0n) is 22.1. The number of anilines is 1. The Morgan fingerprint density at radius 3 is 2.69 bits per heavy atom. The van der Waals surface area contributed by atoms with E-state index in [-0.39, 0.29) is 8.76 Å². The van der Waals surface area contributed by atoms with E-state index in [9.17, 15) is 4.79 Å². The quantitative estimate of drug-likeness (QED) is 0.477. The van der Waals surface area contributed by atoms with Crippen LogP contribution in [0.2, 0.25) is 0 Å². The molecule has 2 aliphatic heterocycles. The van der Waals surface area contributed by atoms with Crippen molar-refractivity contribution in [2.75, 3.05) is 70.9 Å². The number of nitrogens with one attached hydrogen (secondary N) is 2. The summed E-state index contributed by atoms with van der Waals surface area (Å²) in [5.41, 5.74) is 4.33. The third-order valence-corrected chi connectivity index (χ3v) is 8.21. The first-order chi connectivity index (χ1) is 19.2. The molecule has 1 amide bonds. The van der Waals surface area contributed by atoms with Crippen LogP contribution in [0.5, 0.6) is 0 Å². The van der Waals surface area contributed by atoms with E-state index in [1.807, 2.05) is 29.2 Å². The first-order valence-corrected chi connectivity index (χ1v) is 14.1. The fraction of sp³-hybridized carbons (Fsp3) is 0.433. The molecular weight excluding hydrogens is 492 g/mol. The lowest BCUT2D eigenvalue weighted by Gasteiger charge is -2.27. The molecule has 0 spiro atoms. The van der Waals surface area contributed by atoms with Crippen molar-refractivity contribution >= 4 is 28.4 Å². The van der Waals surface area contributed by atoms with Gasteiger partial charge in [-0.15, -0.1) is 0 Å². The van der Waals surface area contributed by atoms with Crippen molar-refractivity contribution in [3.63, 3.8) is 0 Å². The third-order valence-electron chi connectivity index (χ3n) is 8.21. The Hall–Kier alpha value is -3.53. The number of amides is 1. The maximum atomic E-state index is 13.0. The number of hydrogen-bond acceptors (Lipinski definition) is 8. The van der Waals surface area contributed by atoms with Gasteiger partial charge in [-0.25, -0.2) is 9.97 Å². The predicted molar refractivity (Wildman–Crippen MR) is 155 cm³/mol. The zero-order valence-corrected chi connectivity index (χ0v) is 22.1. The minimum Gasteiger partial charge on any atom is -0.437 e. The topological polar surface area (TPSA) is 95.8 Å². The highest BCUT2D eigenvalue weighted by Gasteiger charge is 2.36. The van der Waals surface area contributed by atoms with Crippen molar-refractivity contribution in [2.24, 2.45) is 11.8 Å². The molecule has 7 rings (SSSR count). The smallest absolute Gasteiger partial charge is 0.254 e. The molecule has 9 nitrogen and oxygen atoms in total. The Labute approximate surface area is 230 Å². The van der Waals surface area contributed by atoms with Crippen LogP contribution in [0.1, 0.15) is 25.2 Å². The average Bonchev–Trinajstić information content (AvgIpc) is 3.67. The molecule has 2 aromatic heterocycles. The van der Waals surface area contributed by atoms with Crippen molar-refractivity contribution in [2.45, 2.75) is 6.42 Å². The summed E-state index contributed by atoms with van der Waals surface area (Å²) in [6.07, 6.45) is 9.67. The van der Waals surface area contributed by atoms with E-state index >= 15 is 0 Å². The predicted octanol–water partition coefficient (Wildman–Crippen LogP) is 3.76. The van der Waals surface area contributed by atoms with E-state index in [0.717, 1.165) is 72.9 Å². The number of nitrogens with zero attached hydrogens (tertiary/aromatic N) is 4. The van der Waals surface area contributed by atoms with Crippen LogP contribution in [0.15, 0.2) is 53.2 Å². The minimum atomic E-state index is 0. The molecule has 39 heavy (non-hydrogen) atoms. The average molecular weight is 531 g/mol. The highest BCUT2D eigenvalue weighted by molar-refractivity contribution is 6.04. The van der Waals surface area contributed by atoms with Gasteiger partial charge in [-0.2, -0.15) is 0 Å². The Kier molecular flexibility index (Phi) is 6.64. The van der Waals surface area contributed by atoms with E-state index in [4.69, 9.17) is 9.15 Å². The highest BCUT2D eigenvalue weighted by Crippen LogP contribution is 2.49. The molecule has 4 heterocycles. The maximum Gasteiger partial charge on any atom is 0.254 e. The monoisotopic (exact) mass is 530 g/mol. The fourth-order valence-corrected chi connectivity index (χ4v) is 5.86. The second-order valence-corrected chi connectivity index (χ2v) is 10.8. The zero-order chi connectivity index (χ0) is 26.2. The molecule has 9 heteroatoms. The number of rotatable bonds is 7. The van der Waals surface area contributed by atoms with E-state index < -0.39 is 0 Å². The van der Waals surface area contributed by atoms with Gasteiger partial charge in [0.15, 0.2) is 0 Å². The first-order valence-electron chi connectivity index (χ1n) is 14.1. The molecule has 1 aromatic carbocycles. The van der Waals surface area contributed by atoms with Crippen LogP contribution in [0.25, 0.3) is 28.0 Å². The van der Waals surface area contributed by atoms with Crippen LogP contribution in [-0.2, 0) is 4.74 Å². The summed E-state index contributed by atoms with van der Waals surface area (Å²) in [7, 11) is 0. The van der Waals surface area contributed by atoms with E-state index in [1.165, 1.54) is 6.42 Å². The van der Waals surface area contributed by atoms with Gasteiger partial charge in [0.25, 0.3) is 5.91 Å². The minimum absolute atomic E-state index is 0. The van der Waals surface area contributed by atoms with E-state index in [0.29, 0.717) is 49.4 Å². The molecule has 2 saturated heterocycles. The van der Waals surface area contributed by atoms with Crippen molar-refractivity contribution in [1.82, 2.24) is 25.1 Å². The number of carbonyl (C=O) groups is 1. The van der Waals surface area contributed by atoms with E-state index in [1.54, 1.807) is 6.33 Å². The van der Waals surface area contributed by atoms with Gasteiger partial charge in [-0.05, 0) is 36.0 Å². The summed E-state index contributed by atoms with van der Waals surface area (Å²) in [6, 6.07) is 7.74. The number of carbonyl (C=O) groups excluding carboxylic acids is 1. The molecule has 2 unspecified atom stereocenters. The van der Waals surface area contributed by atoms with Crippen molar-refractivity contribution < 1.29 is 16.8 Å². The summed E-state index contributed by atoms with van der Waals surface area (Å²) in [5.74, 6) is 2.84. The Balaban J connectivity index is 0.00000169. The third kappa shape index (κ3) is 4.97. The number of aromatic nitrogens is 2. The summed E-state index contributed by atoms with van der Waals surface area (Å²) in [5, 5.41) is 7.90. The molecule has 3 fully saturated rings. The Morgan fingerprint density at radius 1 is 1.08 bits per heavy atom. The maximum absolute atomic E-state index is 13.0. The number of ether oxygens (including phenoxy) is 1. The van der Waals surface area contributed by atoms with Crippen molar-refractivity contribution in [3.05, 3.63) is 59.9 Å². The Morgan fingerprint density at radius 2 is 1.90 bits per heavy atom. The van der Waals surface area contributed by atoms with Gasteiger partial charge in [0.05, 0.1) is 18.6 Å². The van der Waals surface area contributed by atoms with Crippen LogP contribution >= 0.6 is 0 Å². The highest BCUT2D eigenvalue weighted by atomic mass is 16.5. The van der Waals surface area contributed by atoms with Gasteiger partial charge >= 0.3 is 0 Å². The summed E-state index contributed by atoms with van der Waals surface area (Å²) in [4.78, 5) is 26.5. The lowest BCUT2D eigenvalue weighted by Crippen LogP contribution is -2.45. The summed E-state index contributed by atoms with van der Waals surface area (Å²) >= 11 is 0. The molecule has 0 radical (unpaired) electrons. The molecule has 2 aliphatic carbocycles. The fourth-order valence-electron chi connectivity index (χ4n) is 5.86. The molecule has 0 bridgehead atoms. The van der Waals surface area contributed by atoms with Crippen molar-refractivity contribution in [1.29, 1.82) is 0 Å². The number of benzene rings is 1. The number of hydrogen-bond donors (Lipinski definition) is 2. The molecule has 2 N–H and O–H groups in total. The molecule has 2 atom stereocenters. The SMILES string of the molecule is O=C(c1ccc(-c2oc3ncnc(NCCN4CCNCC4)c3c2C2=CC3CC3C=C2)cc1)N1CCOCC1.[HH].[HH]. The van der Waals surface area contributed by atoms with Gasteiger partial charge < -0.3 is 24.7 Å².